The molecule has 4 aromatic heterocycles. The van der Waals surface area contributed by atoms with E-state index in [1.165, 1.54) is 24.7 Å². The largest absolute Gasteiger partial charge is 0.507 e. The van der Waals surface area contributed by atoms with Gasteiger partial charge in [-0.05, 0) is 35.3 Å². The molecule has 0 aromatic carbocycles. The summed E-state index contributed by atoms with van der Waals surface area (Å²) in [6, 6.07) is 3.25. The molecule has 0 atom stereocenters. The molecule has 4 aromatic rings. The SMILES string of the molecule is Clc1ncc(Cl)c(-c2ccn[nH]2)n1.Clc1ncc(Cl)c(Cl)n1.OB(O)c1ccn[nH]1. The van der Waals surface area contributed by atoms with Crippen molar-refractivity contribution in [2.75, 3.05) is 0 Å². The summed E-state index contributed by atoms with van der Waals surface area (Å²) in [7, 11) is -1.43. The molecule has 0 radical (unpaired) electrons. The molecule has 4 N–H and O–H groups in total. The van der Waals surface area contributed by atoms with Crippen molar-refractivity contribution in [3.05, 3.63) is 62.7 Å². The van der Waals surface area contributed by atoms with Gasteiger partial charge in [0.25, 0.3) is 0 Å². The minimum Gasteiger partial charge on any atom is -0.422 e. The second-order valence-electron chi connectivity index (χ2n) is 4.97. The molecular weight excluding hydrogens is 500 g/mol. The molecule has 0 aliphatic rings. The Morgan fingerprint density at radius 2 is 1.37 bits per heavy atom. The van der Waals surface area contributed by atoms with E-state index in [9.17, 15) is 0 Å². The molecule has 0 spiro atoms. The smallest absolute Gasteiger partial charge is 0.422 e. The van der Waals surface area contributed by atoms with E-state index >= 15 is 0 Å². The first-order chi connectivity index (χ1) is 14.3. The van der Waals surface area contributed by atoms with Crippen molar-refractivity contribution in [2.24, 2.45) is 0 Å². The van der Waals surface area contributed by atoms with Gasteiger partial charge < -0.3 is 10.0 Å². The van der Waals surface area contributed by atoms with Gasteiger partial charge >= 0.3 is 7.12 Å². The topological polar surface area (TPSA) is 149 Å². The molecule has 30 heavy (non-hydrogen) atoms. The molecule has 0 aliphatic carbocycles. The number of hydrogen-bond acceptors (Lipinski definition) is 8. The van der Waals surface area contributed by atoms with Gasteiger partial charge in [0.1, 0.15) is 5.69 Å². The summed E-state index contributed by atoms with van der Waals surface area (Å²) in [5.41, 5.74) is 1.58. The van der Waals surface area contributed by atoms with E-state index in [-0.39, 0.29) is 15.7 Å². The van der Waals surface area contributed by atoms with Gasteiger partial charge in [0, 0.05) is 12.4 Å². The summed E-state index contributed by atoms with van der Waals surface area (Å²) in [5.74, 6) is 0. The van der Waals surface area contributed by atoms with Crippen LogP contribution in [0, 0.1) is 0 Å². The third-order valence-electron chi connectivity index (χ3n) is 2.94. The summed E-state index contributed by atoms with van der Waals surface area (Å²) in [5, 5.41) is 30.4. The van der Waals surface area contributed by atoms with E-state index in [4.69, 9.17) is 68.1 Å². The van der Waals surface area contributed by atoms with Crippen molar-refractivity contribution < 1.29 is 10.0 Å². The zero-order valence-corrected chi connectivity index (χ0v) is 18.3. The first-order valence-electron chi connectivity index (χ1n) is 7.64. The van der Waals surface area contributed by atoms with Gasteiger partial charge in [-0.15, -0.1) is 0 Å². The predicted molar refractivity (Wildman–Crippen MR) is 115 cm³/mol. The molecule has 4 heterocycles. The molecule has 0 unspecified atom stereocenters. The lowest BCUT2D eigenvalue weighted by Gasteiger charge is -1.98. The number of nitrogens with one attached hydrogen (secondary N) is 2. The van der Waals surface area contributed by atoms with Crippen LogP contribution in [0.15, 0.2) is 36.9 Å². The van der Waals surface area contributed by atoms with Gasteiger partial charge in [0.2, 0.25) is 10.6 Å². The molecule has 0 saturated heterocycles. The van der Waals surface area contributed by atoms with E-state index < -0.39 is 7.12 Å². The molecule has 0 bridgehead atoms. The summed E-state index contributed by atoms with van der Waals surface area (Å²) >= 11 is 27.7. The summed E-state index contributed by atoms with van der Waals surface area (Å²) < 4.78 is 0. The van der Waals surface area contributed by atoms with Crippen LogP contribution in [0.2, 0.25) is 25.8 Å². The highest BCUT2D eigenvalue weighted by atomic mass is 35.5. The zero-order chi connectivity index (χ0) is 22.1. The molecule has 16 heteroatoms. The van der Waals surface area contributed by atoms with Crippen LogP contribution in [0.5, 0.6) is 0 Å². The predicted octanol–water partition coefficient (Wildman–Crippen LogP) is 2.70. The fourth-order valence-electron chi connectivity index (χ4n) is 1.66. The highest BCUT2D eigenvalue weighted by Crippen LogP contribution is 2.23. The van der Waals surface area contributed by atoms with Gasteiger partial charge in [-0.25, -0.2) is 19.9 Å². The molecule has 0 saturated carbocycles. The van der Waals surface area contributed by atoms with Crippen LogP contribution in [0.4, 0.5) is 0 Å². The summed E-state index contributed by atoms with van der Waals surface area (Å²) in [4.78, 5) is 14.8. The maximum Gasteiger partial charge on any atom is 0.507 e. The molecular formula is C14H10BCl5N8O2. The standard InChI is InChI=1S/C7H4Cl2N4.C4HCl3N2.C3H5BN2O2/c8-4-3-10-7(9)12-6(4)5-1-2-11-13-5;5-2-1-8-4(7)9-3(2)6;7-4(8)3-1-2-5-6-3/h1-3H,(H,11,13);1H;1-2,7-8H,(H,5,6). The van der Waals surface area contributed by atoms with E-state index in [0.717, 1.165) is 0 Å². The van der Waals surface area contributed by atoms with Crippen molar-refractivity contribution in [3.8, 4) is 11.4 Å². The van der Waals surface area contributed by atoms with E-state index in [1.54, 1.807) is 12.3 Å². The fourth-order valence-corrected chi connectivity index (χ4v) is 2.38. The Kier molecular flexibility index (Phi) is 9.72. The van der Waals surface area contributed by atoms with Crippen LogP contribution in [-0.4, -0.2) is 57.5 Å². The lowest BCUT2D eigenvalue weighted by Crippen LogP contribution is -2.30. The number of aromatic nitrogens is 8. The van der Waals surface area contributed by atoms with Crippen LogP contribution in [-0.2, 0) is 0 Å². The third kappa shape index (κ3) is 7.69. The first-order valence-corrected chi connectivity index (χ1v) is 9.53. The van der Waals surface area contributed by atoms with Gasteiger partial charge in [-0.1, -0.05) is 34.8 Å². The average molecular weight is 510 g/mol. The molecule has 4 rings (SSSR count). The van der Waals surface area contributed by atoms with Crippen LogP contribution >= 0.6 is 58.0 Å². The van der Waals surface area contributed by atoms with E-state index in [1.807, 2.05) is 0 Å². The number of aromatic amines is 2. The van der Waals surface area contributed by atoms with Crippen molar-refractivity contribution >= 4 is 70.7 Å². The van der Waals surface area contributed by atoms with E-state index in [2.05, 4.69) is 40.3 Å². The maximum absolute atomic E-state index is 8.40. The number of hydrogen-bond donors (Lipinski definition) is 4. The van der Waals surface area contributed by atoms with Crippen molar-refractivity contribution in [2.45, 2.75) is 0 Å². The average Bonchev–Trinajstić information content (AvgIpc) is 3.42. The minimum atomic E-state index is -1.43. The number of halogens is 5. The highest BCUT2D eigenvalue weighted by Gasteiger charge is 2.10. The molecule has 0 fully saturated rings. The van der Waals surface area contributed by atoms with Gasteiger partial charge in [0.15, 0.2) is 5.15 Å². The van der Waals surface area contributed by atoms with Crippen LogP contribution in [0.1, 0.15) is 0 Å². The number of nitrogens with zero attached hydrogens (tertiary/aromatic N) is 6. The van der Waals surface area contributed by atoms with Crippen molar-refractivity contribution in [1.82, 2.24) is 40.3 Å². The lowest BCUT2D eigenvalue weighted by atomic mass is 9.87. The Balaban J connectivity index is 0.000000167. The second-order valence-corrected chi connectivity index (χ2v) is 6.82. The summed E-state index contributed by atoms with van der Waals surface area (Å²) in [6.45, 7) is 0. The Morgan fingerprint density at radius 1 is 0.767 bits per heavy atom. The molecule has 156 valence electrons. The van der Waals surface area contributed by atoms with Gasteiger partial charge in [0.05, 0.1) is 33.7 Å². The van der Waals surface area contributed by atoms with Crippen LogP contribution in [0.25, 0.3) is 11.4 Å². The molecule has 10 nitrogen and oxygen atoms in total. The van der Waals surface area contributed by atoms with Crippen LogP contribution in [0.3, 0.4) is 0 Å². The Hall–Kier alpha value is -1.99. The normalized spacial score (nSPS) is 9.83. The van der Waals surface area contributed by atoms with Crippen LogP contribution < -0.4 is 5.59 Å². The van der Waals surface area contributed by atoms with Gasteiger partial charge in [-0.2, -0.15) is 10.2 Å². The van der Waals surface area contributed by atoms with Gasteiger partial charge in [-0.3, -0.25) is 10.2 Å². The first kappa shape index (κ1) is 24.3. The Morgan fingerprint density at radius 3 is 1.83 bits per heavy atom. The summed E-state index contributed by atoms with van der Waals surface area (Å²) in [6.07, 6.45) is 5.86. The third-order valence-corrected chi connectivity index (χ3v) is 4.25. The van der Waals surface area contributed by atoms with Crippen molar-refractivity contribution in [1.29, 1.82) is 0 Å². The van der Waals surface area contributed by atoms with E-state index in [0.29, 0.717) is 27.0 Å². The monoisotopic (exact) mass is 508 g/mol. The lowest BCUT2D eigenvalue weighted by molar-refractivity contribution is 0.424. The maximum atomic E-state index is 8.40. The highest BCUT2D eigenvalue weighted by molar-refractivity contribution is 6.57. The molecule has 0 amide bonds. The quantitative estimate of drug-likeness (QED) is 0.183. The van der Waals surface area contributed by atoms with Crippen molar-refractivity contribution in [3.63, 3.8) is 0 Å². The minimum absolute atomic E-state index is 0.101. The number of rotatable bonds is 2. The Labute approximate surface area is 194 Å². The second kappa shape index (κ2) is 12.0. The molecule has 0 aliphatic heterocycles. The number of H-pyrrole nitrogens is 2. The Bertz CT molecular complexity index is 1050. The zero-order valence-electron chi connectivity index (χ0n) is 14.5. The fraction of sp³-hybridized carbons (Fsp3) is 0.